The molecule has 1 aromatic heterocycles. The first-order chi connectivity index (χ1) is 15.6. The molecule has 1 saturated heterocycles. The maximum Gasteiger partial charge on any atom is 0.407 e. The molecule has 5 atom stereocenters. The molecule has 0 radical (unpaired) electrons. The Hall–Kier alpha value is -3.68. The van der Waals surface area contributed by atoms with Crippen LogP contribution in [0.15, 0.2) is 17.1 Å². The number of ether oxygens (including phenoxy) is 6. The molecule has 2 heterocycles. The van der Waals surface area contributed by atoms with Crippen molar-refractivity contribution in [2.45, 2.75) is 51.4 Å². The molecule has 14 heteroatoms. The third-order valence-corrected chi connectivity index (χ3v) is 4.48. The molecular formula is C19H25N3O11. The summed E-state index contributed by atoms with van der Waals surface area (Å²) in [6.45, 7) is 2.96. The second-order valence-electron chi connectivity index (χ2n) is 6.84. The smallest absolute Gasteiger partial charge is 0.407 e. The van der Waals surface area contributed by atoms with Crippen LogP contribution in [0.1, 0.15) is 27.0 Å². The van der Waals surface area contributed by atoms with Crippen molar-refractivity contribution in [3.05, 3.63) is 22.7 Å². The molecule has 1 amide bonds. The molecule has 1 aromatic rings. The Labute approximate surface area is 188 Å². The highest BCUT2D eigenvalue weighted by Crippen LogP contribution is 2.32. The first-order valence-corrected chi connectivity index (χ1v) is 9.68. The molecule has 0 saturated carbocycles. The quantitative estimate of drug-likeness (QED) is 0.392. The van der Waals surface area contributed by atoms with Gasteiger partial charge in [0.1, 0.15) is 18.8 Å². The van der Waals surface area contributed by atoms with Crippen LogP contribution in [0, 0.1) is 0 Å². The maximum absolute atomic E-state index is 12.6. The Morgan fingerprint density at radius 3 is 2.21 bits per heavy atom. The Kier molecular flexibility index (Phi) is 8.73. The van der Waals surface area contributed by atoms with Gasteiger partial charge in [-0.15, -0.1) is 0 Å². The highest BCUT2D eigenvalue weighted by molar-refractivity contribution is 5.69. The Bertz CT molecular complexity index is 947. The van der Waals surface area contributed by atoms with E-state index in [4.69, 9.17) is 23.7 Å². The fourth-order valence-electron chi connectivity index (χ4n) is 3.21. The third-order valence-electron chi connectivity index (χ3n) is 4.48. The van der Waals surface area contributed by atoms with Crippen molar-refractivity contribution in [3.63, 3.8) is 0 Å². The van der Waals surface area contributed by atoms with Crippen molar-refractivity contribution in [2.24, 2.45) is 0 Å². The van der Waals surface area contributed by atoms with Gasteiger partial charge in [0.25, 0.3) is 0 Å². The molecule has 1 aliphatic heterocycles. The normalized spacial score (nSPS) is 24.2. The lowest BCUT2D eigenvalue weighted by atomic mass is 9.95. The van der Waals surface area contributed by atoms with Crippen molar-refractivity contribution >= 4 is 24.0 Å². The zero-order chi connectivity index (χ0) is 24.7. The molecule has 33 heavy (non-hydrogen) atoms. The number of aromatic nitrogens is 2. The van der Waals surface area contributed by atoms with E-state index in [0.29, 0.717) is 0 Å². The lowest BCUT2D eigenvalue weighted by Gasteiger charge is -2.45. The number of nitrogens with one attached hydrogen (secondary N) is 1. The number of esters is 3. The number of rotatable bonds is 7. The van der Waals surface area contributed by atoms with Crippen molar-refractivity contribution < 1.29 is 47.6 Å². The molecule has 0 spiro atoms. The minimum atomic E-state index is -1.36. The first-order valence-electron chi connectivity index (χ1n) is 9.68. The molecule has 1 aliphatic rings. The summed E-state index contributed by atoms with van der Waals surface area (Å²) in [5.41, 5.74) is -0.824. The maximum atomic E-state index is 12.6. The summed E-state index contributed by atoms with van der Waals surface area (Å²) in [4.78, 5) is 63.5. The molecule has 0 bridgehead atoms. The topological polar surface area (TPSA) is 171 Å². The van der Waals surface area contributed by atoms with Gasteiger partial charge in [0, 0.05) is 33.0 Å². The van der Waals surface area contributed by atoms with Crippen LogP contribution in [0.25, 0.3) is 0 Å². The molecule has 182 valence electrons. The van der Waals surface area contributed by atoms with Crippen molar-refractivity contribution in [2.75, 3.05) is 20.8 Å². The average Bonchev–Trinajstić information content (AvgIpc) is 2.74. The average molecular weight is 471 g/mol. The number of hydrogen-bond donors (Lipinski definition) is 1. The van der Waals surface area contributed by atoms with Gasteiger partial charge in [-0.25, -0.2) is 9.59 Å². The Morgan fingerprint density at radius 2 is 1.70 bits per heavy atom. The number of carbonyl (C=O) groups excluding carboxylic acids is 4. The molecule has 2 rings (SSSR count). The number of amides is 1. The van der Waals surface area contributed by atoms with Crippen molar-refractivity contribution in [1.82, 2.24) is 14.9 Å². The van der Waals surface area contributed by atoms with Gasteiger partial charge in [-0.1, -0.05) is 0 Å². The summed E-state index contributed by atoms with van der Waals surface area (Å²) in [5, 5.41) is 2.44. The van der Waals surface area contributed by atoms with E-state index in [2.05, 4.69) is 15.0 Å². The fourth-order valence-corrected chi connectivity index (χ4v) is 3.21. The minimum absolute atomic E-state index is 0.0234. The summed E-state index contributed by atoms with van der Waals surface area (Å²) in [6.07, 6.45) is -4.86. The summed E-state index contributed by atoms with van der Waals surface area (Å²) < 4.78 is 32.2. The SMILES string of the molecule is COC(=O)NC1C(OC(C)=O)C(OC(C)=O)C(COC(C)=O)OC1n1ccc(OC)nc1=O. The predicted molar refractivity (Wildman–Crippen MR) is 106 cm³/mol. The molecule has 0 aromatic carbocycles. The van der Waals surface area contributed by atoms with E-state index in [9.17, 15) is 24.0 Å². The molecule has 1 N–H and O–H groups in total. The van der Waals surface area contributed by atoms with Gasteiger partial charge in [0.05, 0.1) is 14.2 Å². The van der Waals surface area contributed by atoms with Gasteiger partial charge >= 0.3 is 29.7 Å². The molecule has 14 nitrogen and oxygen atoms in total. The second kappa shape index (κ2) is 11.3. The van der Waals surface area contributed by atoms with Gasteiger partial charge < -0.3 is 33.7 Å². The van der Waals surface area contributed by atoms with Crippen LogP contribution in [0.5, 0.6) is 5.88 Å². The number of carbonyl (C=O) groups is 4. The number of alkyl carbamates (subject to hydrolysis) is 1. The second-order valence-corrected chi connectivity index (χ2v) is 6.84. The van der Waals surface area contributed by atoms with Crippen LogP contribution in [0.4, 0.5) is 4.79 Å². The van der Waals surface area contributed by atoms with Crippen molar-refractivity contribution in [3.8, 4) is 5.88 Å². The van der Waals surface area contributed by atoms with Crippen LogP contribution in [0.3, 0.4) is 0 Å². The van der Waals surface area contributed by atoms with Gasteiger partial charge in [0.2, 0.25) is 5.88 Å². The van der Waals surface area contributed by atoms with Gasteiger partial charge in [-0.2, -0.15) is 4.98 Å². The lowest BCUT2D eigenvalue weighted by Crippen LogP contribution is -2.65. The zero-order valence-corrected chi connectivity index (χ0v) is 18.6. The molecule has 5 unspecified atom stereocenters. The minimum Gasteiger partial charge on any atom is -0.481 e. The largest absolute Gasteiger partial charge is 0.481 e. The number of methoxy groups -OCH3 is 2. The van der Waals surface area contributed by atoms with Crippen LogP contribution in [0.2, 0.25) is 0 Å². The third kappa shape index (κ3) is 6.65. The van der Waals surface area contributed by atoms with E-state index < -0.39 is 66.9 Å². The van der Waals surface area contributed by atoms with E-state index in [1.165, 1.54) is 19.4 Å². The van der Waals surface area contributed by atoms with E-state index in [1.54, 1.807) is 0 Å². The first kappa shape index (κ1) is 25.6. The predicted octanol–water partition coefficient (Wildman–Crippen LogP) is -0.700. The molecular weight excluding hydrogens is 446 g/mol. The highest BCUT2D eigenvalue weighted by Gasteiger charge is 2.52. The van der Waals surface area contributed by atoms with E-state index in [-0.39, 0.29) is 5.88 Å². The van der Waals surface area contributed by atoms with Gasteiger partial charge in [-0.3, -0.25) is 19.0 Å². The fraction of sp³-hybridized carbons (Fsp3) is 0.579. The molecule has 0 aliphatic carbocycles. The van der Waals surface area contributed by atoms with E-state index >= 15 is 0 Å². The van der Waals surface area contributed by atoms with E-state index in [1.807, 2.05) is 0 Å². The highest BCUT2D eigenvalue weighted by atomic mass is 16.6. The number of hydrogen-bond acceptors (Lipinski definition) is 12. The summed E-state index contributed by atoms with van der Waals surface area (Å²) >= 11 is 0. The number of nitrogens with zero attached hydrogens (tertiary/aromatic N) is 2. The summed E-state index contributed by atoms with van der Waals surface area (Å²) in [7, 11) is 2.42. The standard InChI is InChI=1S/C19H25N3O11/c1-9(23)30-8-12-15(31-10(2)24)16(32-11(3)25)14(21-19(27)29-5)17(33-12)22-7-6-13(28-4)20-18(22)26/h6-7,12,14-17H,8H2,1-5H3,(H,21,27). The van der Waals surface area contributed by atoms with E-state index in [0.717, 1.165) is 32.4 Å². The monoisotopic (exact) mass is 471 g/mol. The van der Waals surface area contributed by atoms with Crippen LogP contribution >= 0.6 is 0 Å². The van der Waals surface area contributed by atoms with Gasteiger partial charge in [0.15, 0.2) is 18.4 Å². The molecule has 1 fully saturated rings. The van der Waals surface area contributed by atoms with Crippen LogP contribution < -0.4 is 15.7 Å². The van der Waals surface area contributed by atoms with Crippen LogP contribution in [-0.4, -0.2) is 78.7 Å². The van der Waals surface area contributed by atoms with Crippen LogP contribution in [-0.2, 0) is 38.1 Å². The Balaban J connectivity index is 2.61. The zero-order valence-electron chi connectivity index (χ0n) is 18.6. The van der Waals surface area contributed by atoms with Crippen molar-refractivity contribution in [1.29, 1.82) is 0 Å². The Morgan fingerprint density at radius 1 is 1.06 bits per heavy atom. The van der Waals surface area contributed by atoms with Gasteiger partial charge in [-0.05, 0) is 0 Å². The lowest BCUT2D eigenvalue weighted by molar-refractivity contribution is -0.237. The summed E-state index contributed by atoms with van der Waals surface area (Å²) in [6, 6.07) is 0.0761. The summed E-state index contributed by atoms with van der Waals surface area (Å²) in [5.74, 6) is -2.16.